The molecule has 1 unspecified atom stereocenters. The fraction of sp³-hybridized carbons (Fsp3) is 0.433. The Morgan fingerprint density at radius 2 is 1.82 bits per heavy atom. The molecule has 7 nitrogen and oxygen atoms in total. The van der Waals surface area contributed by atoms with Crippen LogP contribution in [-0.2, 0) is 16.6 Å². The standard InChI is InChI=1S/C30H36N2O5S/c1-4-24-20-32(38(34,35)29-11-7-6-10-27(29)36-24)19-23-18-22(13-12-21(23)3)25(5-2)26-14-15-28(37-26)30(33)31-16-8-9-17-31/h6-7,10-15,18,24-25H,4-5,8-9,16-17,19-20H2,1-3H3/t24-,25?/m1/s1. The molecule has 3 aromatic rings. The van der Waals surface area contributed by atoms with Crippen LogP contribution in [0.5, 0.6) is 5.75 Å². The SMILES string of the molecule is CCC(c1ccc(C)c(CN2C[C@@H](CC)Oc3ccccc3S2(=O)=O)c1)c1ccc(C(=O)N2CCCC2)o1. The normalized spacial score (nSPS) is 20.0. The molecule has 1 aromatic heterocycles. The van der Waals surface area contributed by atoms with Crippen molar-refractivity contribution in [1.82, 2.24) is 9.21 Å². The first-order valence-electron chi connectivity index (χ1n) is 13.6. The fourth-order valence-electron chi connectivity index (χ4n) is 5.40. The number of hydrogen-bond acceptors (Lipinski definition) is 5. The molecule has 2 aliphatic rings. The Kier molecular flexibility index (Phi) is 7.63. The summed E-state index contributed by atoms with van der Waals surface area (Å²) in [7, 11) is -3.73. The Morgan fingerprint density at radius 1 is 1.05 bits per heavy atom. The topological polar surface area (TPSA) is 80.1 Å². The molecule has 0 aliphatic carbocycles. The highest BCUT2D eigenvalue weighted by Gasteiger charge is 2.34. The van der Waals surface area contributed by atoms with Gasteiger partial charge in [0, 0.05) is 25.6 Å². The van der Waals surface area contributed by atoms with Gasteiger partial charge in [0.15, 0.2) is 5.76 Å². The zero-order valence-corrected chi connectivity index (χ0v) is 23.2. The van der Waals surface area contributed by atoms with Crippen molar-refractivity contribution < 1.29 is 22.4 Å². The van der Waals surface area contributed by atoms with Gasteiger partial charge >= 0.3 is 0 Å². The number of rotatable bonds is 7. The van der Waals surface area contributed by atoms with Crippen LogP contribution >= 0.6 is 0 Å². The second-order valence-corrected chi connectivity index (χ2v) is 12.1. The minimum atomic E-state index is -3.73. The predicted molar refractivity (Wildman–Crippen MR) is 146 cm³/mol. The molecule has 0 bridgehead atoms. The number of carbonyl (C=O) groups excluding carboxylic acids is 1. The van der Waals surface area contributed by atoms with Crippen LogP contribution in [0, 0.1) is 6.92 Å². The number of para-hydroxylation sites is 1. The summed E-state index contributed by atoms with van der Waals surface area (Å²) < 4.78 is 41.0. The molecule has 5 rings (SSSR count). The van der Waals surface area contributed by atoms with Crippen molar-refractivity contribution in [2.45, 2.75) is 69.9 Å². The van der Waals surface area contributed by atoms with Gasteiger partial charge in [-0.1, -0.05) is 44.2 Å². The van der Waals surface area contributed by atoms with Gasteiger partial charge in [0.1, 0.15) is 22.5 Å². The highest BCUT2D eigenvalue weighted by Crippen LogP contribution is 2.35. The summed E-state index contributed by atoms with van der Waals surface area (Å²) in [5.41, 5.74) is 3.01. The summed E-state index contributed by atoms with van der Waals surface area (Å²) in [6.45, 7) is 8.20. The van der Waals surface area contributed by atoms with Gasteiger partial charge < -0.3 is 14.1 Å². The van der Waals surface area contributed by atoms with Crippen molar-refractivity contribution in [2.75, 3.05) is 19.6 Å². The summed E-state index contributed by atoms with van der Waals surface area (Å²) in [6.07, 6.45) is 3.33. The lowest BCUT2D eigenvalue weighted by Crippen LogP contribution is -2.36. The number of ether oxygens (including phenoxy) is 1. The Morgan fingerprint density at radius 3 is 2.55 bits per heavy atom. The van der Waals surface area contributed by atoms with E-state index in [0.717, 1.165) is 54.8 Å². The van der Waals surface area contributed by atoms with Crippen LogP contribution in [-0.4, -0.2) is 49.3 Å². The van der Waals surface area contributed by atoms with Gasteiger partial charge in [-0.25, -0.2) is 8.42 Å². The van der Waals surface area contributed by atoms with E-state index in [1.54, 1.807) is 34.6 Å². The zero-order chi connectivity index (χ0) is 26.9. The smallest absolute Gasteiger partial charge is 0.289 e. The number of hydrogen-bond donors (Lipinski definition) is 0. The number of carbonyl (C=O) groups is 1. The van der Waals surface area contributed by atoms with Gasteiger partial charge in [-0.15, -0.1) is 0 Å². The minimum absolute atomic E-state index is 0.0392. The van der Waals surface area contributed by atoms with Crippen molar-refractivity contribution in [3.05, 3.63) is 82.8 Å². The van der Waals surface area contributed by atoms with Gasteiger partial charge in [0.2, 0.25) is 10.0 Å². The van der Waals surface area contributed by atoms with Crippen LogP contribution in [0.4, 0.5) is 0 Å². The van der Waals surface area contributed by atoms with Gasteiger partial charge in [-0.05, 0) is 73.6 Å². The molecule has 202 valence electrons. The number of fused-ring (bicyclic) bond motifs is 1. The van der Waals surface area contributed by atoms with Crippen LogP contribution < -0.4 is 4.74 Å². The molecule has 38 heavy (non-hydrogen) atoms. The van der Waals surface area contributed by atoms with E-state index in [0.29, 0.717) is 17.9 Å². The summed E-state index contributed by atoms with van der Waals surface area (Å²) in [5, 5.41) is 0. The summed E-state index contributed by atoms with van der Waals surface area (Å²) in [4.78, 5) is 14.9. The minimum Gasteiger partial charge on any atom is -0.488 e. The van der Waals surface area contributed by atoms with E-state index in [2.05, 4.69) is 19.1 Å². The molecule has 0 N–H and O–H groups in total. The number of nitrogens with zero attached hydrogens (tertiary/aromatic N) is 2. The summed E-state index contributed by atoms with van der Waals surface area (Å²) in [5.74, 6) is 1.46. The molecule has 2 aromatic carbocycles. The Hall–Kier alpha value is -3.10. The zero-order valence-electron chi connectivity index (χ0n) is 22.4. The number of furan rings is 1. The summed E-state index contributed by atoms with van der Waals surface area (Å²) >= 11 is 0. The number of likely N-dealkylation sites (tertiary alicyclic amines) is 1. The third-order valence-corrected chi connectivity index (χ3v) is 9.58. The van der Waals surface area contributed by atoms with Gasteiger partial charge in [0.05, 0.1) is 6.54 Å². The maximum Gasteiger partial charge on any atom is 0.289 e. The molecular formula is C30H36N2O5S. The number of aryl methyl sites for hydroxylation is 1. The maximum absolute atomic E-state index is 13.7. The largest absolute Gasteiger partial charge is 0.488 e. The molecule has 0 saturated carbocycles. The Labute approximate surface area is 225 Å². The van der Waals surface area contributed by atoms with Gasteiger partial charge in [0.25, 0.3) is 5.91 Å². The van der Waals surface area contributed by atoms with Gasteiger partial charge in [-0.3, -0.25) is 4.79 Å². The van der Waals surface area contributed by atoms with Crippen LogP contribution in [0.3, 0.4) is 0 Å². The number of benzene rings is 2. The van der Waals surface area contributed by atoms with E-state index in [9.17, 15) is 13.2 Å². The number of amides is 1. The monoisotopic (exact) mass is 536 g/mol. The lowest BCUT2D eigenvalue weighted by atomic mass is 9.91. The Balaban J connectivity index is 1.43. The molecule has 0 radical (unpaired) electrons. The average Bonchev–Trinajstić information content (AvgIpc) is 3.61. The van der Waals surface area contributed by atoms with E-state index in [1.807, 2.05) is 30.9 Å². The van der Waals surface area contributed by atoms with Crippen LogP contribution in [0.25, 0.3) is 0 Å². The Bertz CT molecular complexity index is 1410. The van der Waals surface area contributed by atoms with E-state index in [-0.39, 0.29) is 35.9 Å². The van der Waals surface area contributed by atoms with Crippen molar-refractivity contribution in [3.63, 3.8) is 0 Å². The van der Waals surface area contributed by atoms with Crippen molar-refractivity contribution in [1.29, 1.82) is 0 Å². The maximum atomic E-state index is 13.7. The van der Waals surface area contributed by atoms with E-state index in [4.69, 9.17) is 9.15 Å². The molecule has 3 heterocycles. The molecule has 1 fully saturated rings. The molecule has 0 spiro atoms. The average molecular weight is 537 g/mol. The first kappa shape index (κ1) is 26.5. The third kappa shape index (κ3) is 5.12. The van der Waals surface area contributed by atoms with Crippen molar-refractivity contribution >= 4 is 15.9 Å². The lowest BCUT2D eigenvalue weighted by molar-refractivity contribution is 0.0759. The quantitative estimate of drug-likeness (QED) is 0.385. The first-order chi connectivity index (χ1) is 18.3. The van der Waals surface area contributed by atoms with Crippen molar-refractivity contribution in [2.24, 2.45) is 0 Å². The third-order valence-electron chi connectivity index (χ3n) is 7.73. The lowest BCUT2D eigenvalue weighted by Gasteiger charge is -2.24. The van der Waals surface area contributed by atoms with Crippen LogP contribution in [0.2, 0.25) is 0 Å². The first-order valence-corrected chi connectivity index (χ1v) is 15.0. The van der Waals surface area contributed by atoms with E-state index >= 15 is 0 Å². The second-order valence-electron chi connectivity index (χ2n) is 10.2. The molecule has 8 heteroatoms. The second kappa shape index (κ2) is 10.9. The number of sulfonamides is 1. The van der Waals surface area contributed by atoms with Crippen LogP contribution in [0.15, 0.2) is 63.9 Å². The van der Waals surface area contributed by atoms with Crippen molar-refractivity contribution in [3.8, 4) is 5.75 Å². The van der Waals surface area contributed by atoms with E-state index in [1.165, 1.54) is 0 Å². The predicted octanol–water partition coefficient (Wildman–Crippen LogP) is 5.73. The van der Waals surface area contributed by atoms with Gasteiger partial charge in [-0.2, -0.15) is 4.31 Å². The van der Waals surface area contributed by atoms with Crippen LogP contribution in [0.1, 0.15) is 78.5 Å². The molecule has 1 saturated heterocycles. The highest BCUT2D eigenvalue weighted by molar-refractivity contribution is 7.89. The molecular weight excluding hydrogens is 500 g/mol. The summed E-state index contributed by atoms with van der Waals surface area (Å²) in [6, 6.07) is 16.7. The molecule has 2 atom stereocenters. The molecule has 1 amide bonds. The van der Waals surface area contributed by atoms with E-state index < -0.39 is 10.0 Å². The molecule has 2 aliphatic heterocycles. The fourth-order valence-corrected chi connectivity index (χ4v) is 6.98. The highest BCUT2D eigenvalue weighted by atomic mass is 32.2.